The third-order valence-electron chi connectivity index (χ3n) is 3.57. The van der Waals surface area contributed by atoms with Gasteiger partial charge in [0.15, 0.2) is 11.4 Å². The van der Waals surface area contributed by atoms with E-state index in [0.717, 1.165) is 0 Å². The lowest BCUT2D eigenvalue weighted by Crippen LogP contribution is -2.38. The van der Waals surface area contributed by atoms with Crippen molar-refractivity contribution >= 4 is 28.7 Å². The fourth-order valence-electron chi connectivity index (χ4n) is 2.33. The van der Waals surface area contributed by atoms with Crippen molar-refractivity contribution in [2.75, 3.05) is 18.9 Å². The highest BCUT2D eigenvalue weighted by molar-refractivity contribution is 5.93. The van der Waals surface area contributed by atoms with E-state index in [1.807, 2.05) is 0 Å². The quantitative estimate of drug-likeness (QED) is 0.739. The zero-order valence-corrected chi connectivity index (χ0v) is 13.7. The molecule has 25 heavy (non-hydrogen) atoms. The monoisotopic (exact) mass is 344 g/mol. The minimum absolute atomic E-state index is 0.185. The molecule has 0 saturated carbocycles. The van der Waals surface area contributed by atoms with E-state index in [-0.39, 0.29) is 18.9 Å². The van der Waals surface area contributed by atoms with Gasteiger partial charge in [-0.25, -0.2) is 4.79 Å². The molecule has 0 aliphatic carbocycles. The van der Waals surface area contributed by atoms with Gasteiger partial charge in [0.2, 0.25) is 11.8 Å². The van der Waals surface area contributed by atoms with E-state index in [4.69, 9.17) is 8.94 Å². The molecule has 0 aliphatic heterocycles. The van der Waals surface area contributed by atoms with Crippen LogP contribution in [0.3, 0.4) is 0 Å². The first-order valence-corrected chi connectivity index (χ1v) is 7.49. The fourth-order valence-corrected chi connectivity index (χ4v) is 2.33. The van der Waals surface area contributed by atoms with E-state index in [1.54, 1.807) is 37.3 Å². The van der Waals surface area contributed by atoms with Gasteiger partial charge in [-0.15, -0.1) is 0 Å². The zero-order chi connectivity index (χ0) is 18.0. The number of anilines is 1. The number of carbonyl (C=O) groups is 2. The maximum absolute atomic E-state index is 12.3. The first-order chi connectivity index (χ1) is 11.9. The SMILES string of the molecule is Cc1cc(NC(=O)CN(C)C(=O)Cn2c(=O)oc3ccccc32)no1. The lowest BCUT2D eigenvalue weighted by Gasteiger charge is -2.16. The molecule has 0 unspecified atom stereocenters. The summed E-state index contributed by atoms with van der Waals surface area (Å²) in [4.78, 5) is 37.4. The fraction of sp³-hybridized carbons (Fsp3) is 0.250. The molecule has 1 N–H and O–H groups in total. The molecule has 1 aromatic carbocycles. The summed E-state index contributed by atoms with van der Waals surface area (Å²) in [5.41, 5.74) is 0.930. The summed E-state index contributed by atoms with van der Waals surface area (Å²) in [5.74, 6) is -0.606. The molecule has 0 bridgehead atoms. The Morgan fingerprint density at radius 2 is 2.08 bits per heavy atom. The predicted octanol–water partition coefficient (Wildman–Crippen LogP) is 0.988. The van der Waals surface area contributed by atoms with Crippen LogP contribution in [0.15, 0.2) is 44.1 Å². The van der Waals surface area contributed by atoms with Crippen molar-refractivity contribution in [3.63, 3.8) is 0 Å². The number of para-hydroxylation sites is 2. The van der Waals surface area contributed by atoms with E-state index < -0.39 is 17.6 Å². The number of oxazole rings is 1. The average Bonchev–Trinajstić information content (AvgIpc) is 3.10. The second-order valence-corrected chi connectivity index (χ2v) is 5.54. The van der Waals surface area contributed by atoms with Gasteiger partial charge in [0, 0.05) is 13.1 Å². The number of aromatic nitrogens is 2. The number of amides is 2. The molecule has 2 aromatic heterocycles. The number of hydrogen-bond donors (Lipinski definition) is 1. The number of benzene rings is 1. The summed E-state index contributed by atoms with van der Waals surface area (Å²) in [7, 11) is 1.48. The van der Waals surface area contributed by atoms with E-state index in [0.29, 0.717) is 16.9 Å². The Labute approximate surface area is 141 Å². The van der Waals surface area contributed by atoms with Gasteiger partial charge in [-0.3, -0.25) is 14.2 Å². The molecular weight excluding hydrogens is 328 g/mol. The smallest absolute Gasteiger partial charge is 0.408 e. The topological polar surface area (TPSA) is 111 Å². The number of nitrogens with zero attached hydrogens (tertiary/aromatic N) is 3. The minimum atomic E-state index is -0.620. The molecule has 0 saturated heterocycles. The Morgan fingerprint density at radius 3 is 2.80 bits per heavy atom. The summed E-state index contributed by atoms with van der Waals surface area (Å²) in [5, 5.41) is 6.17. The average molecular weight is 344 g/mol. The summed E-state index contributed by atoms with van der Waals surface area (Å²) in [6, 6.07) is 8.38. The van der Waals surface area contributed by atoms with Gasteiger partial charge in [-0.1, -0.05) is 17.3 Å². The van der Waals surface area contributed by atoms with Crippen molar-refractivity contribution in [2.24, 2.45) is 0 Å². The van der Waals surface area contributed by atoms with Crippen molar-refractivity contribution in [3.05, 3.63) is 46.6 Å². The van der Waals surface area contributed by atoms with Crippen molar-refractivity contribution in [2.45, 2.75) is 13.5 Å². The number of aryl methyl sites for hydroxylation is 1. The van der Waals surface area contributed by atoms with Gasteiger partial charge in [-0.05, 0) is 19.1 Å². The van der Waals surface area contributed by atoms with E-state index >= 15 is 0 Å². The van der Waals surface area contributed by atoms with Crippen LogP contribution in [0.5, 0.6) is 0 Å². The van der Waals surface area contributed by atoms with Crippen LogP contribution in [0, 0.1) is 6.92 Å². The second-order valence-electron chi connectivity index (χ2n) is 5.54. The van der Waals surface area contributed by atoms with Gasteiger partial charge in [0.25, 0.3) is 0 Å². The largest absolute Gasteiger partial charge is 0.420 e. The predicted molar refractivity (Wildman–Crippen MR) is 88.0 cm³/mol. The summed E-state index contributed by atoms with van der Waals surface area (Å²) in [6.45, 7) is 1.29. The second kappa shape index (κ2) is 6.63. The number of fused-ring (bicyclic) bond motifs is 1. The molecule has 0 atom stereocenters. The van der Waals surface area contributed by atoms with Crippen LogP contribution in [0.25, 0.3) is 11.1 Å². The van der Waals surface area contributed by atoms with Crippen molar-refractivity contribution in [3.8, 4) is 0 Å². The number of nitrogens with one attached hydrogen (secondary N) is 1. The van der Waals surface area contributed by atoms with E-state index in [2.05, 4.69) is 10.5 Å². The van der Waals surface area contributed by atoms with Crippen LogP contribution in [-0.4, -0.2) is 40.0 Å². The molecule has 130 valence electrons. The molecule has 9 heteroatoms. The number of rotatable bonds is 5. The molecule has 3 aromatic rings. The molecule has 0 radical (unpaired) electrons. The summed E-state index contributed by atoms with van der Waals surface area (Å²) >= 11 is 0. The lowest BCUT2D eigenvalue weighted by atomic mass is 10.3. The third-order valence-corrected chi connectivity index (χ3v) is 3.57. The Kier molecular flexibility index (Phi) is 4.38. The number of carbonyl (C=O) groups excluding carboxylic acids is 2. The zero-order valence-electron chi connectivity index (χ0n) is 13.7. The maximum Gasteiger partial charge on any atom is 0.420 e. The summed E-state index contributed by atoms with van der Waals surface area (Å²) < 4.78 is 11.2. The maximum atomic E-state index is 12.3. The van der Waals surface area contributed by atoms with Gasteiger partial charge >= 0.3 is 5.76 Å². The first-order valence-electron chi connectivity index (χ1n) is 7.49. The van der Waals surface area contributed by atoms with Gasteiger partial charge < -0.3 is 19.2 Å². The van der Waals surface area contributed by atoms with Crippen LogP contribution >= 0.6 is 0 Å². The van der Waals surface area contributed by atoms with Gasteiger partial charge in [0.1, 0.15) is 12.3 Å². The van der Waals surface area contributed by atoms with Crippen LogP contribution in [0.2, 0.25) is 0 Å². The first kappa shape index (κ1) is 16.5. The number of hydrogen-bond acceptors (Lipinski definition) is 6. The highest BCUT2D eigenvalue weighted by Gasteiger charge is 2.18. The minimum Gasteiger partial charge on any atom is -0.408 e. The Morgan fingerprint density at radius 1 is 1.32 bits per heavy atom. The Balaban J connectivity index is 1.65. The Hall–Kier alpha value is -3.36. The van der Waals surface area contributed by atoms with E-state index in [9.17, 15) is 14.4 Å². The number of likely N-dealkylation sites (N-methyl/N-ethyl adjacent to an activating group) is 1. The van der Waals surface area contributed by atoms with Crippen molar-refractivity contribution in [1.29, 1.82) is 0 Å². The molecule has 0 fully saturated rings. The van der Waals surface area contributed by atoms with Crippen molar-refractivity contribution in [1.82, 2.24) is 14.6 Å². The molecule has 2 heterocycles. The van der Waals surface area contributed by atoms with Gasteiger partial charge in [0.05, 0.1) is 12.1 Å². The molecular formula is C16H16N4O5. The van der Waals surface area contributed by atoms with Crippen LogP contribution in [-0.2, 0) is 16.1 Å². The molecule has 9 nitrogen and oxygen atoms in total. The lowest BCUT2D eigenvalue weighted by molar-refractivity contribution is -0.133. The standard InChI is InChI=1S/C16H16N4O5/c1-10-7-13(18-25-10)17-14(21)8-19(2)15(22)9-20-11-5-3-4-6-12(11)24-16(20)23/h3-7H,8-9H2,1-2H3,(H,17,18,21). The highest BCUT2D eigenvalue weighted by atomic mass is 16.5. The molecule has 0 spiro atoms. The van der Waals surface area contributed by atoms with E-state index in [1.165, 1.54) is 16.5 Å². The molecule has 2 amide bonds. The third kappa shape index (κ3) is 3.60. The van der Waals surface area contributed by atoms with Gasteiger partial charge in [-0.2, -0.15) is 0 Å². The Bertz CT molecular complexity index is 984. The molecule has 0 aliphatic rings. The normalized spacial score (nSPS) is 10.8. The summed E-state index contributed by atoms with van der Waals surface area (Å²) in [6.07, 6.45) is 0. The highest BCUT2D eigenvalue weighted by Crippen LogP contribution is 2.12. The molecule has 3 rings (SSSR count). The van der Waals surface area contributed by atoms with Crippen LogP contribution < -0.4 is 11.1 Å². The van der Waals surface area contributed by atoms with Crippen LogP contribution in [0.1, 0.15) is 5.76 Å². The van der Waals surface area contributed by atoms with Crippen LogP contribution in [0.4, 0.5) is 5.82 Å². The van der Waals surface area contributed by atoms with Crippen molar-refractivity contribution < 1.29 is 18.5 Å².